The van der Waals surface area contributed by atoms with Gasteiger partial charge in [0, 0.05) is 32.3 Å². The van der Waals surface area contributed by atoms with Crippen molar-refractivity contribution >= 4 is 35.4 Å². The second-order valence-corrected chi connectivity index (χ2v) is 9.47. The minimum Gasteiger partial charge on any atom is -0.493 e. The van der Waals surface area contributed by atoms with Crippen LogP contribution >= 0.6 is 11.6 Å². The second-order valence-electron chi connectivity index (χ2n) is 9.09. The van der Waals surface area contributed by atoms with Crippen molar-refractivity contribution in [2.75, 3.05) is 46.9 Å². The molecule has 1 aromatic heterocycles. The Kier molecular flexibility index (Phi) is 7.88. The quantitative estimate of drug-likeness (QED) is 0.568. The van der Waals surface area contributed by atoms with Crippen LogP contribution in [0, 0.1) is 5.41 Å². The smallest absolute Gasteiger partial charge is 0.287 e. The lowest BCUT2D eigenvalue weighted by atomic mass is 9.78. The van der Waals surface area contributed by atoms with Gasteiger partial charge in [-0.3, -0.25) is 14.4 Å². The van der Waals surface area contributed by atoms with Gasteiger partial charge in [0.2, 0.25) is 11.8 Å². The van der Waals surface area contributed by atoms with Gasteiger partial charge in [-0.2, -0.15) is 0 Å². The third kappa shape index (κ3) is 5.51. The van der Waals surface area contributed by atoms with Gasteiger partial charge >= 0.3 is 0 Å². The molecule has 3 heterocycles. The Morgan fingerprint density at radius 1 is 1.08 bits per heavy atom. The van der Waals surface area contributed by atoms with Crippen LogP contribution in [0.5, 0.6) is 11.5 Å². The van der Waals surface area contributed by atoms with Gasteiger partial charge in [0.05, 0.1) is 32.1 Å². The van der Waals surface area contributed by atoms with Crippen LogP contribution in [0.2, 0.25) is 5.02 Å². The lowest BCUT2D eigenvalue weighted by Gasteiger charge is -2.39. The highest BCUT2D eigenvalue weighted by Gasteiger charge is 2.42. The fourth-order valence-electron chi connectivity index (χ4n) is 4.82. The number of carbonyl (C=O) groups excluding carboxylic acids is 3. The number of halogens is 1. The molecule has 0 atom stereocenters. The topological polar surface area (TPSA) is 101 Å². The SMILES string of the molecule is COc1ccc(C=CC(=O)N2CCC3(CCN(C(=O)CNC(=O)c4ccco4)CC3)C2)c(Cl)c1OC. The number of hydrogen-bond donors (Lipinski definition) is 1. The average molecular weight is 516 g/mol. The molecule has 2 fully saturated rings. The van der Waals surface area contributed by atoms with Gasteiger partial charge in [-0.05, 0) is 60.6 Å². The third-order valence-electron chi connectivity index (χ3n) is 6.99. The molecule has 1 spiro atoms. The number of carbonyl (C=O) groups is 3. The van der Waals surface area contributed by atoms with E-state index in [4.69, 9.17) is 25.5 Å². The van der Waals surface area contributed by atoms with E-state index >= 15 is 0 Å². The molecule has 0 bridgehead atoms. The van der Waals surface area contributed by atoms with Crippen LogP contribution in [0.3, 0.4) is 0 Å². The van der Waals surface area contributed by atoms with Gasteiger partial charge < -0.3 is 29.0 Å². The third-order valence-corrected chi connectivity index (χ3v) is 7.38. The monoisotopic (exact) mass is 515 g/mol. The molecule has 2 saturated heterocycles. The zero-order chi connectivity index (χ0) is 25.7. The number of piperidine rings is 1. The molecule has 3 amide bonds. The van der Waals surface area contributed by atoms with E-state index in [2.05, 4.69) is 5.32 Å². The summed E-state index contributed by atoms with van der Waals surface area (Å²) in [7, 11) is 3.05. The molecule has 1 aromatic carbocycles. The van der Waals surface area contributed by atoms with Crippen LogP contribution in [0.25, 0.3) is 6.08 Å². The first kappa shape index (κ1) is 25.6. The van der Waals surface area contributed by atoms with E-state index < -0.39 is 5.91 Å². The number of likely N-dealkylation sites (tertiary alicyclic amines) is 2. The van der Waals surface area contributed by atoms with Crippen LogP contribution in [0.4, 0.5) is 0 Å². The summed E-state index contributed by atoms with van der Waals surface area (Å²) in [5.74, 6) is 0.531. The number of amides is 3. The lowest BCUT2D eigenvalue weighted by Crippen LogP contribution is -2.47. The highest BCUT2D eigenvalue weighted by molar-refractivity contribution is 6.33. The molecule has 10 heteroatoms. The Morgan fingerprint density at radius 3 is 2.44 bits per heavy atom. The first-order chi connectivity index (χ1) is 17.4. The number of nitrogens with one attached hydrogen (secondary N) is 1. The van der Waals surface area contributed by atoms with Gasteiger partial charge in [0.25, 0.3) is 5.91 Å². The Balaban J connectivity index is 1.28. The number of rotatable bonds is 7. The number of methoxy groups -OCH3 is 2. The summed E-state index contributed by atoms with van der Waals surface area (Å²) in [5.41, 5.74) is 0.682. The molecule has 0 unspecified atom stereocenters. The first-order valence-electron chi connectivity index (χ1n) is 11.8. The van der Waals surface area contributed by atoms with Gasteiger partial charge in [-0.1, -0.05) is 11.6 Å². The van der Waals surface area contributed by atoms with E-state index in [9.17, 15) is 14.4 Å². The van der Waals surface area contributed by atoms with E-state index in [1.54, 1.807) is 35.2 Å². The van der Waals surface area contributed by atoms with Gasteiger partial charge in [-0.25, -0.2) is 0 Å². The molecular formula is C26H30ClN3O6. The number of ether oxygens (including phenoxy) is 2. The van der Waals surface area contributed by atoms with Crippen LogP contribution in [0.1, 0.15) is 35.4 Å². The lowest BCUT2D eigenvalue weighted by molar-refractivity contribution is -0.133. The molecule has 0 radical (unpaired) electrons. The fourth-order valence-corrected chi connectivity index (χ4v) is 5.12. The molecule has 0 aliphatic carbocycles. The Labute approximate surface area is 215 Å². The second kappa shape index (κ2) is 11.1. The molecule has 9 nitrogen and oxygen atoms in total. The summed E-state index contributed by atoms with van der Waals surface area (Å²) in [4.78, 5) is 41.1. The zero-order valence-electron chi connectivity index (χ0n) is 20.4. The van der Waals surface area contributed by atoms with E-state index in [1.165, 1.54) is 26.6 Å². The highest BCUT2D eigenvalue weighted by atomic mass is 35.5. The minimum atomic E-state index is -0.408. The Morgan fingerprint density at radius 2 is 1.81 bits per heavy atom. The van der Waals surface area contributed by atoms with Crippen molar-refractivity contribution in [3.63, 3.8) is 0 Å². The van der Waals surface area contributed by atoms with E-state index in [0.29, 0.717) is 48.3 Å². The number of furan rings is 1. The molecule has 2 aromatic rings. The molecule has 2 aliphatic rings. The maximum Gasteiger partial charge on any atom is 0.287 e. The Bertz CT molecular complexity index is 1140. The van der Waals surface area contributed by atoms with E-state index in [1.807, 2.05) is 4.90 Å². The highest BCUT2D eigenvalue weighted by Crippen LogP contribution is 2.41. The van der Waals surface area contributed by atoms with Crippen LogP contribution in [0.15, 0.2) is 41.0 Å². The maximum absolute atomic E-state index is 12.9. The van der Waals surface area contributed by atoms with Crippen molar-refractivity contribution in [1.82, 2.24) is 15.1 Å². The average Bonchev–Trinajstić information content (AvgIpc) is 3.57. The molecule has 2 aliphatic heterocycles. The van der Waals surface area contributed by atoms with Crippen molar-refractivity contribution in [3.05, 3.63) is 53.0 Å². The summed E-state index contributed by atoms with van der Waals surface area (Å²) in [6, 6.07) is 6.70. The zero-order valence-corrected chi connectivity index (χ0v) is 21.2. The molecule has 192 valence electrons. The van der Waals surface area contributed by atoms with E-state index in [-0.39, 0.29) is 29.5 Å². The predicted molar refractivity (Wildman–Crippen MR) is 134 cm³/mol. The fraction of sp³-hybridized carbons (Fsp3) is 0.423. The van der Waals surface area contributed by atoms with Crippen molar-refractivity contribution < 1.29 is 28.3 Å². The van der Waals surface area contributed by atoms with Crippen molar-refractivity contribution in [2.45, 2.75) is 19.3 Å². The number of hydrogen-bond acceptors (Lipinski definition) is 6. The van der Waals surface area contributed by atoms with Crippen LogP contribution < -0.4 is 14.8 Å². The molecule has 36 heavy (non-hydrogen) atoms. The molecule has 4 rings (SSSR count). The van der Waals surface area contributed by atoms with Crippen molar-refractivity contribution in [1.29, 1.82) is 0 Å². The van der Waals surface area contributed by atoms with Crippen molar-refractivity contribution in [3.8, 4) is 11.5 Å². The van der Waals surface area contributed by atoms with Crippen LogP contribution in [-0.2, 0) is 9.59 Å². The molecule has 0 saturated carbocycles. The van der Waals surface area contributed by atoms with Gasteiger partial charge in [-0.15, -0.1) is 0 Å². The van der Waals surface area contributed by atoms with Crippen LogP contribution in [-0.4, -0.2) is 74.5 Å². The molecular weight excluding hydrogens is 486 g/mol. The maximum atomic E-state index is 12.9. The van der Waals surface area contributed by atoms with Gasteiger partial charge in [0.1, 0.15) is 0 Å². The standard InChI is InChI=1S/C26H30ClN3O6/c1-34-19-7-5-18(23(27)24(19)35-2)6-8-21(31)30-14-11-26(17-30)9-12-29(13-10-26)22(32)16-28-25(33)20-4-3-15-36-20/h3-8,15H,9-14,16-17H2,1-2H3,(H,28,33). The summed E-state index contributed by atoms with van der Waals surface area (Å²) >= 11 is 6.42. The first-order valence-corrected chi connectivity index (χ1v) is 12.2. The van der Waals surface area contributed by atoms with E-state index in [0.717, 1.165) is 19.3 Å². The summed E-state index contributed by atoms with van der Waals surface area (Å²) in [6.45, 7) is 2.48. The summed E-state index contributed by atoms with van der Waals surface area (Å²) in [5, 5.41) is 2.99. The number of benzene rings is 1. The summed E-state index contributed by atoms with van der Waals surface area (Å²) < 4.78 is 15.6. The van der Waals surface area contributed by atoms with Gasteiger partial charge in [0.15, 0.2) is 17.3 Å². The largest absolute Gasteiger partial charge is 0.493 e. The number of nitrogens with zero attached hydrogens (tertiary/aromatic N) is 2. The normalized spacial score (nSPS) is 17.0. The Hall–Kier alpha value is -3.46. The molecule has 1 N–H and O–H groups in total. The summed E-state index contributed by atoms with van der Waals surface area (Å²) in [6.07, 6.45) is 7.18. The minimum absolute atomic E-state index is 0.0126. The predicted octanol–water partition coefficient (Wildman–Crippen LogP) is 3.23. The van der Waals surface area contributed by atoms with Crippen molar-refractivity contribution in [2.24, 2.45) is 5.41 Å².